The topological polar surface area (TPSA) is 64.0 Å². The number of alkyl halides is 6. The Hall–Kier alpha value is -3.70. The van der Waals surface area contributed by atoms with Crippen molar-refractivity contribution in [2.75, 3.05) is 5.32 Å². The second-order valence-electron chi connectivity index (χ2n) is 7.23. The van der Waals surface area contributed by atoms with Gasteiger partial charge in [0.2, 0.25) is 5.91 Å². The van der Waals surface area contributed by atoms with Crippen molar-refractivity contribution in [2.24, 2.45) is 0 Å². The zero-order valence-corrected chi connectivity index (χ0v) is 17.2. The average Bonchev–Trinajstić information content (AvgIpc) is 2.74. The van der Waals surface area contributed by atoms with E-state index in [1.54, 1.807) is 0 Å². The lowest BCUT2D eigenvalue weighted by Gasteiger charge is -2.15. The number of rotatable bonds is 6. The smallest absolute Gasteiger partial charge is 0.326 e. The summed E-state index contributed by atoms with van der Waals surface area (Å²) >= 11 is 0. The third kappa shape index (κ3) is 6.42. The molecule has 0 unspecified atom stereocenters. The molecule has 3 rings (SSSR count). The van der Waals surface area contributed by atoms with Crippen LogP contribution in [-0.4, -0.2) is 15.7 Å². The maximum atomic E-state index is 13.1. The number of halogens is 7. The Labute approximate surface area is 187 Å². The Morgan fingerprint density at radius 3 is 2.03 bits per heavy atom. The number of nitrogens with one attached hydrogen (secondary N) is 1. The molecule has 1 heterocycles. The monoisotopic (exact) mass is 487 g/mol. The number of amides is 1. The fourth-order valence-corrected chi connectivity index (χ4v) is 3.02. The van der Waals surface area contributed by atoms with Crippen molar-refractivity contribution in [1.29, 1.82) is 0 Å². The van der Waals surface area contributed by atoms with Gasteiger partial charge in [-0.2, -0.15) is 31.4 Å². The molecular formula is C22H16F7N3O2. The van der Waals surface area contributed by atoms with E-state index in [0.717, 1.165) is 4.68 Å². The first-order chi connectivity index (χ1) is 15.8. The molecule has 0 aliphatic rings. The van der Waals surface area contributed by atoms with Gasteiger partial charge >= 0.3 is 12.4 Å². The van der Waals surface area contributed by atoms with Gasteiger partial charge in [-0.25, -0.2) is 9.07 Å². The predicted octanol–water partition coefficient (Wildman–Crippen LogP) is 5.51. The van der Waals surface area contributed by atoms with E-state index in [-0.39, 0.29) is 25.5 Å². The Kier molecular flexibility index (Phi) is 7.08. The lowest BCUT2D eigenvalue weighted by molar-refractivity contribution is -0.143. The van der Waals surface area contributed by atoms with Crippen LogP contribution in [0.15, 0.2) is 59.4 Å². The second kappa shape index (κ2) is 9.65. The Balaban J connectivity index is 1.68. The minimum absolute atomic E-state index is 0.0245. The van der Waals surface area contributed by atoms with Crippen LogP contribution in [0.4, 0.5) is 36.4 Å². The van der Waals surface area contributed by atoms with Crippen molar-refractivity contribution in [2.45, 2.75) is 31.7 Å². The number of benzene rings is 2. The molecule has 2 aromatic carbocycles. The van der Waals surface area contributed by atoms with E-state index in [1.807, 2.05) is 5.32 Å². The lowest BCUT2D eigenvalue weighted by Crippen LogP contribution is -2.23. The number of carbonyl (C=O) groups excluding carboxylic acids is 1. The van der Waals surface area contributed by atoms with E-state index >= 15 is 0 Å². The Morgan fingerprint density at radius 1 is 0.882 bits per heavy atom. The van der Waals surface area contributed by atoms with Crippen LogP contribution in [0.3, 0.4) is 0 Å². The van der Waals surface area contributed by atoms with Crippen LogP contribution in [0.25, 0.3) is 11.3 Å². The highest BCUT2D eigenvalue weighted by Crippen LogP contribution is 2.37. The lowest BCUT2D eigenvalue weighted by atomic mass is 10.1. The molecule has 1 N–H and O–H groups in total. The molecule has 0 fully saturated rings. The summed E-state index contributed by atoms with van der Waals surface area (Å²) in [4.78, 5) is 24.1. The summed E-state index contributed by atoms with van der Waals surface area (Å²) in [6, 6.07) is 8.80. The highest BCUT2D eigenvalue weighted by Gasteiger charge is 2.37. The summed E-state index contributed by atoms with van der Waals surface area (Å²) in [6.45, 7) is -0.0440. The molecule has 0 aliphatic carbocycles. The van der Waals surface area contributed by atoms with Gasteiger partial charge in [0.05, 0.1) is 16.8 Å². The largest absolute Gasteiger partial charge is 0.416 e. The fourth-order valence-electron chi connectivity index (χ4n) is 3.02. The molecule has 3 aromatic rings. The molecule has 5 nitrogen and oxygen atoms in total. The van der Waals surface area contributed by atoms with Gasteiger partial charge < -0.3 is 5.32 Å². The minimum Gasteiger partial charge on any atom is -0.326 e. The summed E-state index contributed by atoms with van der Waals surface area (Å²) < 4.78 is 91.8. The maximum Gasteiger partial charge on any atom is 0.416 e. The highest BCUT2D eigenvalue weighted by molar-refractivity contribution is 5.90. The fraction of sp³-hybridized carbons (Fsp3) is 0.227. The van der Waals surface area contributed by atoms with Crippen molar-refractivity contribution in [3.8, 4) is 11.3 Å². The molecule has 12 heteroatoms. The first kappa shape index (κ1) is 24.9. The third-order valence-corrected chi connectivity index (χ3v) is 4.65. The van der Waals surface area contributed by atoms with Gasteiger partial charge in [0.15, 0.2) is 0 Å². The Morgan fingerprint density at radius 2 is 1.47 bits per heavy atom. The summed E-state index contributed by atoms with van der Waals surface area (Å²) in [6.07, 6.45) is -10.4. The summed E-state index contributed by atoms with van der Waals surface area (Å²) in [5, 5.41) is 6.16. The van der Waals surface area contributed by atoms with Gasteiger partial charge in [0.25, 0.3) is 5.56 Å². The van der Waals surface area contributed by atoms with E-state index in [0.29, 0.717) is 23.4 Å². The maximum absolute atomic E-state index is 13.1. The predicted molar refractivity (Wildman–Crippen MR) is 108 cm³/mol. The van der Waals surface area contributed by atoms with Crippen LogP contribution in [0, 0.1) is 5.82 Å². The van der Waals surface area contributed by atoms with Gasteiger partial charge in [0, 0.05) is 30.3 Å². The summed E-state index contributed by atoms with van der Waals surface area (Å²) in [5.74, 6) is -1.29. The van der Waals surface area contributed by atoms with Crippen molar-refractivity contribution in [1.82, 2.24) is 9.78 Å². The van der Waals surface area contributed by atoms with Crippen molar-refractivity contribution in [3.05, 3.63) is 81.9 Å². The molecular weight excluding hydrogens is 471 g/mol. The van der Waals surface area contributed by atoms with Crippen molar-refractivity contribution in [3.63, 3.8) is 0 Å². The quantitative estimate of drug-likeness (QED) is 0.467. The minimum atomic E-state index is -5.04. The first-order valence-corrected chi connectivity index (χ1v) is 9.76. The number of hydrogen-bond donors (Lipinski definition) is 1. The van der Waals surface area contributed by atoms with Crippen LogP contribution < -0.4 is 10.9 Å². The molecule has 0 radical (unpaired) electrons. The molecule has 0 atom stereocenters. The molecule has 1 amide bonds. The van der Waals surface area contributed by atoms with Gasteiger partial charge in [-0.15, -0.1) is 0 Å². The third-order valence-electron chi connectivity index (χ3n) is 4.65. The SMILES string of the molecule is O=C(CCCn1nc(-c2ccc(F)cc2)ccc1=O)Nc1cc(C(F)(F)F)cc(C(F)(F)F)c1. The molecule has 1 aromatic heterocycles. The van der Waals surface area contributed by atoms with E-state index < -0.39 is 46.5 Å². The van der Waals surface area contributed by atoms with Crippen LogP contribution >= 0.6 is 0 Å². The zero-order valence-electron chi connectivity index (χ0n) is 17.2. The standard InChI is InChI=1S/C22H16F7N3O2/c23-16-5-3-13(4-6-16)18-7-8-20(34)32(31-18)9-1-2-19(33)30-17-11-14(21(24,25)26)10-15(12-17)22(27,28)29/h3-8,10-12H,1-2,9H2,(H,30,33). The highest BCUT2D eigenvalue weighted by atomic mass is 19.4. The number of aryl methyl sites for hydroxylation is 1. The molecule has 0 saturated heterocycles. The number of anilines is 1. The average molecular weight is 487 g/mol. The van der Waals surface area contributed by atoms with Crippen LogP contribution in [0.1, 0.15) is 24.0 Å². The zero-order chi connectivity index (χ0) is 25.1. The van der Waals surface area contributed by atoms with Crippen LogP contribution in [0.2, 0.25) is 0 Å². The van der Waals surface area contributed by atoms with Crippen LogP contribution in [-0.2, 0) is 23.7 Å². The first-order valence-electron chi connectivity index (χ1n) is 9.76. The Bertz CT molecular complexity index is 1200. The van der Waals surface area contributed by atoms with Gasteiger partial charge in [-0.3, -0.25) is 9.59 Å². The molecule has 0 saturated carbocycles. The van der Waals surface area contributed by atoms with Gasteiger partial charge in [-0.1, -0.05) is 0 Å². The molecule has 0 bridgehead atoms. The van der Waals surface area contributed by atoms with Gasteiger partial charge in [-0.05, 0) is 55.0 Å². The number of carbonyl (C=O) groups is 1. The number of hydrogen-bond acceptors (Lipinski definition) is 3. The van der Waals surface area contributed by atoms with E-state index in [4.69, 9.17) is 0 Å². The molecule has 180 valence electrons. The molecule has 34 heavy (non-hydrogen) atoms. The van der Waals surface area contributed by atoms with Crippen molar-refractivity contribution >= 4 is 11.6 Å². The second-order valence-corrected chi connectivity index (χ2v) is 7.23. The molecule has 0 spiro atoms. The normalized spacial score (nSPS) is 12.0. The molecule has 0 aliphatic heterocycles. The number of aromatic nitrogens is 2. The summed E-state index contributed by atoms with van der Waals surface area (Å²) in [5.41, 5.74) is -3.33. The van der Waals surface area contributed by atoms with Gasteiger partial charge in [0.1, 0.15) is 5.82 Å². The van der Waals surface area contributed by atoms with Crippen LogP contribution in [0.5, 0.6) is 0 Å². The van der Waals surface area contributed by atoms with E-state index in [1.165, 1.54) is 36.4 Å². The number of nitrogens with zero attached hydrogens (tertiary/aromatic N) is 2. The van der Waals surface area contributed by atoms with Crippen molar-refractivity contribution < 1.29 is 35.5 Å². The van der Waals surface area contributed by atoms with E-state index in [2.05, 4.69) is 5.10 Å². The van der Waals surface area contributed by atoms with E-state index in [9.17, 15) is 40.3 Å². The summed E-state index contributed by atoms with van der Waals surface area (Å²) in [7, 11) is 0.